The van der Waals surface area contributed by atoms with E-state index in [0.29, 0.717) is 5.57 Å². The summed E-state index contributed by atoms with van der Waals surface area (Å²) in [5, 5.41) is 10.6. The van der Waals surface area contributed by atoms with Crippen LogP contribution in [0, 0.1) is 11.8 Å². The van der Waals surface area contributed by atoms with Gasteiger partial charge in [-0.05, 0) is 37.2 Å². The van der Waals surface area contributed by atoms with Crippen molar-refractivity contribution < 1.29 is 18.3 Å². The van der Waals surface area contributed by atoms with Crippen molar-refractivity contribution >= 4 is 11.3 Å². The van der Waals surface area contributed by atoms with Gasteiger partial charge in [0.25, 0.3) is 11.5 Å². The number of rotatable bonds is 2. The molecule has 1 aliphatic heterocycles. The molecule has 5 unspecified atom stereocenters. The molecule has 158 valence electrons. The zero-order valence-corrected chi connectivity index (χ0v) is 15.9. The highest BCUT2D eigenvalue weighted by atomic mass is 19.3. The van der Waals surface area contributed by atoms with Gasteiger partial charge in [0.1, 0.15) is 11.0 Å². The number of nitrogens with two attached hydrogens (primary N) is 1. The molecule has 0 amide bonds. The number of H-pyrrole nitrogens is 1. The molecular weight excluding hydrogens is 389 g/mol. The van der Waals surface area contributed by atoms with E-state index < -0.39 is 47.1 Å². The lowest BCUT2D eigenvalue weighted by atomic mass is 9.94. The van der Waals surface area contributed by atoms with E-state index in [0.717, 1.165) is 12.8 Å². The van der Waals surface area contributed by atoms with E-state index in [9.17, 15) is 23.5 Å². The Labute approximate surface area is 163 Å². The lowest BCUT2D eigenvalue weighted by Crippen LogP contribution is -2.61. The highest BCUT2D eigenvalue weighted by Crippen LogP contribution is 2.47. The van der Waals surface area contributed by atoms with Crippen LogP contribution in [0.15, 0.2) is 9.59 Å². The quantitative estimate of drug-likeness (QED) is 0.599. The average molecular weight is 412 g/mol. The summed E-state index contributed by atoms with van der Waals surface area (Å²) in [6, 6.07) is -2.31. The van der Waals surface area contributed by atoms with Crippen LogP contribution in [-0.4, -0.2) is 56.8 Å². The summed E-state index contributed by atoms with van der Waals surface area (Å²) in [5.41, 5.74) is 4.81. The Morgan fingerprint density at radius 3 is 2.55 bits per heavy atom. The second-order valence-corrected chi connectivity index (χ2v) is 8.87. The molecule has 1 saturated heterocycles. The molecule has 29 heavy (non-hydrogen) atoms. The first-order chi connectivity index (χ1) is 13.6. The third-order valence-electron chi connectivity index (χ3n) is 7.06. The number of hydrogen-bond donors (Lipinski definition) is 3. The van der Waals surface area contributed by atoms with E-state index >= 15 is 4.39 Å². The molecule has 0 radical (unpaired) electrons. The van der Waals surface area contributed by atoms with E-state index in [-0.39, 0.29) is 42.0 Å². The Hall–Kier alpha value is -2.07. The lowest BCUT2D eigenvalue weighted by Gasteiger charge is -2.34. The molecule has 2 saturated carbocycles. The molecule has 0 aromatic carbocycles. The maximum atomic E-state index is 15.3. The number of likely N-dealkylation sites (tertiary alicyclic amines) is 1. The predicted molar refractivity (Wildman–Crippen MR) is 98.7 cm³/mol. The number of hydrogen-bond acceptors (Lipinski definition) is 5. The third kappa shape index (κ3) is 2.58. The van der Waals surface area contributed by atoms with Crippen LogP contribution in [0.25, 0.3) is 11.3 Å². The summed E-state index contributed by atoms with van der Waals surface area (Å²) in [7, 11) is 0. The van der Waals surface area contributed by atoms with Crippen LogP contribution in [0.1, 0.15) is 32.2 Å². The summed E-state index contributed by atoms with van der Waals surface area (Å²) in [5.74, 6) is -4.45. The van der Waals surface area contributed by atoms with E-state index in [1.165, 1.54) is 4.57 Å². The number of nitrogens with zero attached hydrogens (tertiary/aromatic N) is 2. The fourth-order valence-electron chi connectivity index (χ4n) is 5.54. The number of aromatic nitrogens is 2. The Morgan fingerprint density at radius 2 is 1.93 bits per heavy atom. The number of aliphatic hydroxyl groups excluding tert-OH is 1. The van der Waals surface area contributed by atoms with Crippen molar-refractivity contribution in [2.75, 3.05) is 13.1 Å². The van der Waals surface area contributed by atoms with Gasteiger partial charge in [0.2, 0.25) is 0 Å². The highest BCUT2D eigenvalue weighted by molar-refractivity contribution is 5.60. The van der Waals surface area contributed by atoms with Crippen molar-refractivity contribution in [2.24, 2.45) is 17.6 Å². The van der Waals surface area contributed by atoms with Crippen LogP contribution in [0.3, 0.4) is 0 Å². The fraction of sp³-hybridized carbons (Fsp3) is 0.684. The summed E-state index contributed by atoms with van der Waals surface area (Å²) >= 11 is 0. The van der Waals surface area contributed by atoms with Crippen molar-refractivity contribution in [3.63, 3.8) is 0 Å². The van der Waals surface area contributed by atoms with Gasteiger partial charge in [-0.15, -0.1) is 0 Å². The molecule has 3 aliphatic carbocycles. The molecule has 2 heterocycles. The van der Waals surface area contributed by atoms with Gasteiger partial charge in [0.05, 0.1) is 17.4 Å². The molecular formula is C19H23F3N4O3. The average Bonchev–Trinajstić information content (AvgIpc) is 3.35. The third-order valence-corrected chi connectivity index (χ3v) is 7.06. The first-order valence-electron chi connectivity index (χ1n) is 9.92. The molecule has 7 nitrogen and oxygen atoms in total. The normalized spacial score (nSPS) is 36.4. The van der Waals surface area contributed by atoms with Crippen molar-refractivity contribution in [1.82, 2.24) is 14.5 Å². The summed E-state index contributed by atoms with van der Waals surface area (Å²) in [4.78, 5) is 28.7. The van der Waals surface area contributed by atoms with Crippen LogP contribution in [0.2, 0.25) is 0 Å². The maximum absolute atomic E-state index is 15.3. The van der Waals surface area contributed by atoms with Gasteiger partial charge in [-0.2, -0.15) is 0 Å². The fourth-order valence-corrected chi connectivity index (χ4v) is 5.54. The Balaban J connectivity index is 1.64. The van der Waals surface area contributed by atoms with Gasteiger partial charge in [0, 0.05) is 25.6 Å². The number of aromatic amines is 1. The molecule has 5 atom stereocenters. The molecule has 1 aromatic heterocycles. The van der Waals surface area contributed by atoms with E-state index in [4.69, 9.17) is 5.73 Å². The van der Waals surface area contributed by atoms with Gasteiger partial charge in [-0.25, -0.2) is 18.0 Å². The summed E-state index contributed by atoms with van der Waals surface area (Å²) < 4.78 is 44.6. The van der Waals surface area contributed by atoms with Gasteiger partial charge in [-0.1, -0.05) is 0 Å². The van der Waals surface area contributed by atoms with Gasteiger partial charge in [-0.3, -0.25) is 19.2 Å². The molecule has 0 bridgehead atoms. The molecule has 0 spiro atoms. The van der Waals surface area contributed by atoms with Crippen LogP contribution >= 0.6 is 0 Å². The van der Waals surface area contributed by atoms with Crippen molar-refractivity contribution in [3.05, 3.63) is 31.4 Å². The Kier molecular flexibility index (Phi) is 3.90. The highest BCUT2D eigenvalue weighted by Gasteiger charge is 2.58. The zero-order valence-electron chi connectivity index (χ0n) is 15.9. The number of aliphatic hydroxyl groups is 1. The number of nitrogens with one attached hydrogen (secondary N) is 1. The lowest BCUT2D eigenvalue weighted by molar-refractivity contribution is -0.0203. The van der Waals surface area contributed by atoms with E-state index in [1.807, 2.05) is 0 Å². The molecule has 4 N–H and O–H groups in total. The van der Waals surface area contributed by atoms with Crippen LogP contribution in [-0.2, 0) is 0 Å². The minimum atomic E-state index is -2.93. The van der Waals surface area contributed by atoms with Crippen molar-refractivity contribution in [3.8, 4) is 0 Å². The summed E-state index contributed by atoms with van der Waals surface area (Å²) in [6.45, 7) is 2.06. The predicted octanol–water partition coefficient (Wildman–Crippen LogP) is -0.657. The van der Waals surface area contributed by atoms with Gasteiger partial charge >= 0.3 is 5.69 Å². The van der Waals surface area contributed by atoms with Crippen molar-refractivity contribution in [2.45, 2.75) is 56.4 Å². The zero-order chi connectivity index (χ0) is 20.8. The van der Waals surface area contributed by atoms with Gasteiger partial charge < -0.3 is 10.8 Å². The van der Waals surface area contributed by atoms with Crippen LogP contribution in [0.5, 0.6) is 0 Å². The summed E-state index contributed by atoms with van der Waals surface area (Å²) in [6.07, 6.45) is -0.706. The largest absolute Gasteiger partial charge is 0.508 e. The van der Waals surface area contributed by atoms with Gasteiger partial charge in [0.15, 0.2) is 6.17 Å². The molecule has 3 fully saturated rings. The topological polar surface area (TPSA) is 104 Å². The van der Waals surface area contributed by atoms with Crippen LogP contribution < -0.4 is 27.6 Å². The minimum absolute atomic E-state index is 0.0993. The SMILES string of the molecule is CC1=c2c(c(=O)[nH]c(=O)n2C2CC2)=C(O)C(F)C1N1CC2CC(F)(F)C(N)C2C1. The smallest absolute Gasteiger partial charge is 0.329 e. The second kappa shape index (κ2) is 5.98. The first kappa shape index (κ1) is 18.9. The first-order valence-corrected chi connectivity index (χ1v) is 9.92. The molecule has 4 aliphatic rings. The van der Waals surface area contributed by atoms with Crippen molar-refractivity contribution in [1.29, 1.82) is 0 Å². The number of halogens is 3. The standard InChI is InChI=1S/C19H23F3N4O3/c1-7-13-11(17(28)24-18(29)26(13)9-2-3-9)15(27)12(20)14(7)25-5-8-4-19(21,22)16(23)10(8)6-25/h8-10,12,14,16,27H,2-6,23H2,1H3,(H,24,28,29). The van der Waals surface area contributed by atoms with E-state index in [2.05, 4.69) is 4.98 Å². The number of fused-ring (bicyclic) bond motifs is 2. The minimum Gasteiger partial charge on any atom is -0.508 e. The Bertz CT molecular complexity index is 1120. The molecule has 5 rings (SSSR count). The molecule has 10 heteroatoms. The number of alkyl halides is 3. The maximum Gasteiger partial charge on any atom is 0.329 e. The monoisotopic (exact) mass is 412 g/mol. The second-order valence-electron chi connectivity index (χ2n) is 8.87. The Morgan fingerprint density at radius 1 is 1.24 bits per heavy atom. The van der Waals surface area contributed by atoms with Crippen LogP contribution in [0.4, 0.5) is 13.2 Å². The van der Waals surface area contributed by atoms with E-state index in [1.54, 1.807) is 11.8 Å². The molecule has 1 aromatic rings.